The first-order chi connectivity index (χ1) is 7.18. The zero-order valence-corrected chi connectivity index (χ0v) is 9.16. The van der Waals surface area contributed by atoms with E-state index in [4.69, 9.17) is 0 Å². The van der Waals surface area contributed by atoms with Crippen molar-refractivity contribution in [2.45, 2.75) is 6.92 Å². The Morgan fingerprint density at radius 3 is 2.60 bits per heavy atom. The summed E-state index contributed by atoms with van der Waals surface area (Å²) in [6.07, 6.45) is 1.61. The predicted molar refractivity (Wildman–Crippen MR) is 56.7 cm³/mol. The van der Waals surface area contributed by atoms with Gasteiger partial charge >= 0.3 is 0 Å². The van der Waals surface area contributed by atoms with Crippen LogP contribution in [0, 0.1) is 6.92 Å². The van der Waals surface area contributed by atoms with Crippen LogP contribution in [0.4, 0.5) is 0 Å². The number of aromatic amines is 1. The van der Waals surface area contributed by atoms with Crippen LogP contribution in [-0.4, -0.2) is 59.1 Å². The van der Waals surface area contributed by atoms with Crippen molar-refractivity contribution in [3.63, 3.8) is 0 Å². The Bertz CT molecular complexity index is 352. The molecule has 0 bridgehead atoms. The van der Waals surface area contributed by atoms with Gasteiger partial charge in [0.05, 0.1) is 11.8 Å². The van der Waals surface area contributed by atoms with E-state index in [2.05, 4.69) is 22.1 Å². The third-order valence-electron chi connectivity index (χ3n) is 2.85. The summed E-state index contributed by atoms with van der Waals surface area (Å²) in [4.78, 5) is 16.2. The Balaban J connectivity index is 2.06. The van der Waals surface area contributed by atoms with Crippen LogP contribution in [0.1, 0.15) is 16.1 Å². The third kappa shape index (κ3) is 2.02. The van der Waals surface area contributed by atoms with Gasteiger partial charge in [0, 0.05) is 31.9 Å². The van der Waals surface area contributed by atoms with E-state index in [1.165, 1.54) is 0 Å². The lowest BCUT2D eigenvalue weighted by Crippen LogP contribution is -2.47. The summed E-state index contributed by atoms with van der Waals surface area (Å²) in [5.74, 6) is 0.0920. The molecule has 1 fully saturated rings. The van der Waals surface area contributed by atoms with Gasteiger partial charge in [0.15, 0.2) is 0 Å². The molecular weight excluding hydrogens is 192 g/mol. The van der Waals surface area contributed by atoms with Crippen molar-refractivity contribution in [3.8, 4) is 0 Å². The highest BCUT2D eigenvalue weighted by Crippen LogP contribution is 2.09. The molecule has 1 aliphatic rings. The van der Waals surface area contributed by atoms with E-state index in [1.807, 2.05) is 11.8 Å². The quantitative estimate of drug-likeness (QED) is 0.712. The molecule has 1 N–H and O–H groups in total. The number of hydrogen-bond acceptors (Lipinski definition) is 3. The normalized spacial score (nSPS) is 18.1. The summed E-state index contributed by atoms with van der Waals surface area (Å²) in [5, 5.41) is 6.66. The van der Waals surface area contributed by atoms with Gasteiger partial charge in [0.2, 0.25) is 0 Å². The highest BCUT2D eigenvalue weighted by atomic mass is 16.2. The first-order valence-electron chi connectivity index (χ1n) is 5.16. The molecule has 1 amide bonds. The Labute approximate surface area is 89.1 Å². The fourth-order valence-electron chi connectivity index (χ4n) is 1.75. The van der Waals surface area contributed by atoms with Gasteiger partial charge in [-0.2, -0.15) is 5.10 Å². The molecule has 1 aliphatic heterocycles. The van der Waals surface area contributed by atoms with E-state index in [0.29, 0.717) is 5.56 Å². The van der Waals surface area contributed by atoms with E-state index in [9.17, 15) is 4.79 Å². The van der Waals surface area contributed by atoms with E-state index >= 15 is 0 Å². The van der Waals surface area contributed by atoms with Crippen LogP contribution < -0.4 is 0 Å². The number of hydrogen-bond donors (Lipinski definition) is 1. The van der Waals surface area contributed by atoms with Crippen molar-refractivity contribution >= 4 is 5.91 Å². The molecule has 0 atom stereocenters. The molecule has 2 heterocycles. The van der Waals surface area contributed by atoms with Crippen LogP contribution in [0.3, 0.4) is 0 Å². The number of amides is 1. The number of piperazine rings is 1. The minimum Gasteiger partial charge on any atom is -0.336 e. The molecule has 0 aromatic carbocycles. The first-order valence-corrected chi connectivity index (χ1v) is 5.16. The van der Waals surface area contributed by atoms with Crippen LogP contribution in [0.5, 0.6) is 0 Å². The van der Waals surface area contributed by atoms with E-state index < -0.39 is 0 Å². The second-order valence-corrected chi connectivity index (χ2v) is 4.00. The molecule has 1 aromatic rings. The highest BCUT2D eigenvalue weighted by Gasteiger charge is 2.22. The van der Waals surface area contributed by atoms with Crippen molar-refractivity contribution in [2.24, 2.45) is 0 Å². The van der Waals surface area contributed by atoms with Gasteiger partial charge in [-0.05, 0) is 14.0 Å². The smallest absolute Gasteiger partial charge is 0.257 e. The molecule has 1 saturated heterocycles. The standard InChI is InChI=1S/C10H16N4O/c1-8-9(7-11-12-8)10(15)14-5-3-13(2)4-6-14/h7H,3-6H2,1-2H3,(H,11,12). The van der Waals surface area contributed by atoms with E-state index in [1.54, 1.807) is 6.20 Å². The average molecular weight is 208 g/mol. The van der Waals surface area contributed by atoms with Gasteiger partial charge < -0.3 is 9.80 Å². The molecule has 0 saturated carbocycles. The van der Waals surface area contributed by atoms with Gasteiger partial charge in [-0.3, -0.25) is 9.89 Å². The second kappa shape index (κ2) is 4.02. The fourth-order valence-corrected chi connectivity index (χ4v) is 1.75. The van der Waals surface area contributed by atoms with E-state index in [-0.39, 0.29) is 5.91 Å². The second-order valence-electron chi connectivity index (χ2n) is 4.00. The molecule has 0 aliphatic carbocycles. The number of nitrogens with one attached hydrogen (secondary N) is 1. The first kappa shape index (κ1) is 10.2. The number of carbonyl (C=O) groups is 1. The molecule has 1 aromatic heterocycles. The Hall–Kier alpha value is -1.36. The summed E-state index contributed by atoms with van der Waals surface area (Å²) in [5.41, 5.74) is 1.54. The van der Waals surface area contributed by atoms with Crippen molar-refractivity contribution in [1.82, 2.24) is 20.0 Å². The molecule has 5 nitrogen and oxygen atoms in total. The Morgan fingerprint density at radius 1 is 1.40 bits per heavy atom. The van der Waals surface area contributed by atoms with Crippen LogP contribution in [0.25, 0.3) is 0 Å². The summed E-state index contributed by atoms with van der Waals surface area (Å²) in [6, 6.07) is 0. The molecule has 0 spiro atoms. The van der Waals surface area contributed by atoms with Gasteiger partial charge in [-0.1, -0.05) is 0 Å². The lowest BCUT2D eigenvalue weighted by atomic mass is 10.2. The molecule has 5 heteroatoms. The SMILES string of the molecule is Cc1[nH]ncc1C(=O)N1CCN(C)CC1. The number of carbonyl (C=O) groups excluding carboxylic acids is 1. The lowest BCUT2D eigenvalue weighted by molar-refractivity contribution is 0.0663. The predicted octanol–water partition coefficient (Wildman–Crippen LogP) is 0.106. The Kier molecular flexibility index (Phi) is 2.73. The molecule has 2 rings (SSSR count). The summed E-state index contributed by atoms with van der Waals surface area (Å²) < 4.78 is 0. The van der Waals surface area contributed by atoms with E-state index in [0.717, 1.165) is 31.9 Å². The maximum Gasteiger partial charge on any atom is 0.257 e. The number of aryl methyl sites for hydroxylation is 1. The molecule has 15 heavy (non-hydrogen) atoms. The van der Waals surface area contributed by atoms with Crippen molar-refractivity contribution in [3.05, 3.63) is 17.5 Å². The van der Waals surface area contributed by atoms with Gasteiger partial charge in [-0.15, -0.1) is 0 Å². The number of H-pyrrole nitrogens is 1. The maximum atomic E-state index is 12.0. The number of likely N-dealkylation sites (N-methyl/N-ethyl adjacent to an activating group) is 1. The number of nitrogens with zero attached hydrogens (tertiary/aromatic N) is 3. The molecule has 0 radical (unpaired) electrons. The largest absolute Gasteiger partial charge is 0.336 e. The van der Waals surface area contributed by atoms with Crippen LogP contribution in [0.2, 0.25) is 0 Å². The van der Waals surface area contributed by atoms with Crippen LogP contribution in [-0.2, 0) is 0 Å². The summed E-state index contributed by atoms with van der Waals surface area (Å²) >= 11 is 0. The summed E-state index contributed by atoms with van der Waals surface area (Å²) in [7, 11) is 2.07. The maximum absolute atomic E-state index is 12.0. The van der Waals surface area contributed by atoms with Crippen LogP contribution in [0.15, 0.2) is 6.20 Å². The van der Waals surface area contributed by atoms with Crippen molar-refractivity contribution < 1.29 is 4.79 Å². The topological polar surface area (TPSA) is 52.2 Å². The highest BCUT2D eigenvalue weighted by molar-refractivity contribution is 5.95. The molecule has 0 unspecified atom stereocenters. The lowest BCUT2D eigenvalue weighted by Gasteiger charge is -2.32. The number of rotatable bonds is 1. The van der Waals surface area contributed by atoms with Crippen LogP contribution >= 0.6 is 0 Å². The van der Waals surface area contributed by atoms with Crippen molar-refractivity contribution in [1.29, 1.82) is 0 Å². The van der Waals surface area contributed by atoms with Gasteiger partial charge in [0.25, 0.3) is 5.91 Å². The monoisotopic (exact) mass is 208 g/mol. The van der Waals surface area contributed by atoms with Gasteiger partial charge in [0.1, 0.15) is 0 Å². The zero-order chi connectivity index (χ0) is 10.8. The summed E-state index contributed by atoms with van der Waals surface area (Å²) in [6.45, 7) is 5.38. The number of aromatic nitrogens is 2. The zero-order valence-electron chi connectivity index (χ0n) is 9.16. The fraction of sp³-hybridized carbons (Fsp3) is 0.600. The molecular formula is C10H16N4O. The minimum atomic E-state index is 0.0920. The van der Waals surface area contributed by atoms with Crippen molar-refractivity contribution in [2.75, 3.05) is 33.2 Å². The molecule has 82 valence electrons. The minimum absolute atomic E-state index is 0.0920. The van der Waals surface area contributed by atoms with Gasteiger partial charge in [-0.25, -0.2) is 0 Å². The Morgan fingerprint density at radius 2 is 2.07 bits per heavy atom. The average Bonchev–Trinajstić information content (AvgIpc) is 2.65. The third-order valence-corrected chi connectivity index (χ3v) is 2.85.